The van der Waals surface area contributed by atoms with E-state index in [4.69, 9.17) is 21.3 Å². The first-order chi connectivity index (χ1) is 19.4. The van der Waals surface area contributed by atoms with Crippen molar-refractivity contribution in [2.24, 2.45) is 0 Å². The van der Waals surface area contributed by atoms with E-state index in [1.165, 1.54) is 23.6 Å². The minimum absolute atomic E-state index is 0.0267. The Kier molecular flexibility index (Phi) is 8.90. The Bertz CT molecular complexity index is 1370. The third kappa shape index (κ3) is 6.94. The molecule has 3 aromatic rings. The van der Waals surface area contributed by atoms with Gasteiger partial charge in [-0.25, -0.2) is 9.97 Å². The number of para-hydroxylation sites is 1. The van der Waals surface area contributed by atoms with Crippen molar-refractivity contribution >= 4 is 57.3 Å². The summed E-state index contributed by atoms with van der Waals surface area (Å²) in [5, 5.41) is 10.5. The van der Waals surface area contributed by atoms with E-state index >= 15 is 0 Å². The summed E-state index contributed by atoms with van der Waals surface area (Å²) in [4.78, 5) is 43.2. The molecule has 2 aliphatic heterocycles. The van der Waals surface area contributed by atoms with Crippen LogP contribution in [0.5, 0.6) is 0 Å². The molecule has 1 atom stereocenters. The van der Waals surface area contributed by atoms with Gasteiger partial charge in [-0.1, -0.05) is 41.6 Å². The molecular weight excluding hydrogens is 552 g/mol. The predicted molar refractivity (Wildman–Crippen MR) is 156 cm³/mol. The number of nitrogens with zero attached hydrogens (tertiary/aromatic N) is 5. The van der Waals surface area contributed by atoms with Crippen LogP contribution in [0, 0.1) is 6.92 Å². The lowest BCUT2D eigenvalue weighted by Crippen LogP contribution is -2.36. The third-order valence-corrected chi connectivity index (χ3v) is 7.93. The fraction of sp³-hybridized carbons (Fsp3) is 0.370. The first kappa shape index (κ1) is 28.0. The molecule has 2 aliphatic rings. The van der Waals surface area contributed by atoms with Gasteiger partial charge in [0.2, 0.25) is 11.9 Å². The van der Waals surface area contributed by atoms with Crippen molar-refractivity contribution < 1.29 is 14.3 Å². The summed E-state index contributed by atoms with van der Waals surface area (Å²) in [5.41, 5.74) is 2.29. The number of rotatable bonds is 9. The number of hydrogen-bond donors (Lipinski definition) is 3. The van der Waals surface area contributed by atoms with Gasteiger partial charge in [0.05, 0.1) is 35.8 Å². The molecule has 4 heterocycles. The minimum atomic E-state index is -0.292. The van der Waals surface area contributed by atoms with Crippen LogP contribution in [0.1, 0.15) is 27.3 Å². The summed E-state index contributed by atoms with van der Waals surface area (Å²) in [7, 11) is 0. The number of amides is 2. The van der Waals surface area contributed by atoms with Gasteiger partial charge in [0.15, 0.2) is 5.13 Å². The summed E-state index contributed by atoms with van der Waals surface area (Å²) >= 11 is 7.49. The van der Waals surface area contributed by atoms with Gasteiger partial charge in [-0.3, -0.25) is 14.5 Å². The summed E-state index contributed by atoms with van der Waals surface area (Å²) in [6, 6.07) is 7.37. The second-order valence-corrected chi connectivity index (χ2v) is 11.1. The Morgan fingerprint density at radius 1 is 1.25 bits per heavy atom. The molecule has 2 aromatic heterocycles. The number of morpholine rings is 1. The molecule has 0 bridgehead atoms. The quantitative estimate of drug-likeness (QED) is 0.322. The molecule has 0 radical (unpaired) electrons. The second-order valence-electron chi connectivity index (χ2n) is 9.62. The molecule has 0 saturated carbocycles. The van der Waals surface area contributed by atoms with Crippen molar-refractivity contribution in [1.29, 1.82) is 0 Å². The monoisotopic (exact) mass is 582 g/mol. The Morgan fingerprint density at radius 3 is 2.85 bits per heavy atom. The van der Waals surface area contributed by atoms with E-state index in [9.17, 15) is 9.59 Å². The van der Waals surface area contributed by atoms with E-state index < -0.39 is 0 Å². The molecule has 0 aliphatic carbocycles. The van der Waals surface area contributed by atoms with Gasteiger partial charge in [0.25, 0.3) is 5.91 Å². The maximum Gasteiger partial charge on any atom is 0.267 e. The predicted octanol–water partition coefficient (Wildman–Crippen LogP) is 3.92. The topological polar surface area (TPSA) is 125 Å². The smallest absolute Gasteiger partial charge is 0.267 e. The molecule has 3 N–H and O–H groups in total. The lowest BCUT2D eigenvalue weighted by Gasteiger charge is -2.26. The van der Waals surface area contributed by atoms with E-state index in [0.29, 0.717) is 65.3 Å². The molecule has 5 rings (SSSR count). The highest BCUT2D eigenvalue weighted by molar-refractivity contribution is 7.17. The summed E-state index contributed by atoms with van der Waals surface area (Å²) in [6.07, 6.45) is 3.64. The fourth-order valence-corrected chi connectivity index (χ4v) is 5.58. The lowest BCUT2D eigenvalue weighted by atomic mass is 10.2. The maximum absolute atomic E-state index is 12.9. The number of likely N-dealkylation sites (tertiary alicyclic amines) is 1. The van der Waals surface area contributed by atoms with Crippen molar-refractivity contribution in [1.82, 2.24) is 24.8 Å². The average molecular weight is 583 g/mol. The van der Waals surface area contributed by atoms with Gasteiger partial charge < -0.3 is 25.6 Å². The number of anilines is 4. The summed E-state index contributed by atoms with van der Waals surface area (Å²) in [5.74, 6) is 0.650. The highest BCUT2D eigenvalue weighted by Crippen LogP contribution is 2.28. The van der Waals surface area contributed by atoms with Crippen molar-refractivity contribution in [2.45, 2.75) is 25.9 Å². The Hall–Kier alpha value is -3.58. The number of ether oxygens (including phenoxy) is 1. The average Bonchev–Trinajstić information content (AvgIpc) is 3.61. The number of hydrogen-bond acceptors (Lipinski definition) is 10. The highest BCUT2D eigenvalue weighted by atomic mass is 35.5. The zero-order valence-corrected chi connectivity index (χ0v) is 23.7. The number of carbonyl (C=O) groups is 2. The van der Waals surface area contributed by atoms with E-state index in [-0.39, 0.29) is 17.9 Å². The van der Waals surface area contributed by atoms with Gasteiger partial charge in [0.1, 0.15) is 10.7 Å². The molecular formula is C27H31ClN8O3S. The van der Waals surface area contributed by atoms with Crippen molar-refractivity contribution in [3.05, 3.63) is 64.3 Å². The number of aryl methyl sites for hydroxylation is 1. The summed E-state index contributed by atoms with van der Waals surface area (Å²) < 4.78 is 5.48. The number of halogens is 1. The molecule has 1 unspecified atom stereocenters. The van der Waals surface area contributed by atoms with Crippen LogP contribution in [0.4, 0.5) is 22.6 Å². The minimum Gasteiger partial charge on any atom is -0.379 e. The molecule has 11 nitrogen and oxygen atoms in total. The molecule has 2 fully saturated rings. The molecule has 40 heavy (non-hydrogen) atoms. The van der Waals surface area contributed by atoms with Gasteiger partial charge in [-0.2, -0.15) is 4.98 Å². The zero-order chi connectivity index (χ0) is 28.1. The second kappa shape index (κ2) is 12.7. The van der Waals surface area contributed by atoms with E-state index in [2.05, 4.69) is 37.4 Å². The number of carbonyl (C=O) groups excluding carboxylic acids is 2. The zero-order valence-electron chi connectivity index (χ0n) is 22.2. The normalized spacial score (nSPS) is 17.4. The standard InChI is InChI=1S/C27H31ClN8O3S/c1-3-23(37)36-8-7-18(16-36)30-26-31-19(15-35-9-11-39-12-10-35)13-22(32-26)33-27-29-14-21(40-27)25(38)34-24-17(2)5-4-6-20(24)28/h3-6,13-14,18H,1,7-12,15-16H2,2H3,(H,34,38)(H2,29,30,31,32,33). The molecule has 13 heteroatoms. The molecule has 210 valence electrons. The van der Waals surface area contributed by atoms with Gasteiger partial charge in [-0.15, -0.1) is 0 Å². The van der Waals surface area contributed by atoms with Crippen LogP contribution >= 0.6 is 22.9 Å². The SMILES string of the molecule is C=CC(=O)N1CCC(Nc2nc(CN3CCOCC3)cc(Nc3ncc(C(=O)Nc4c(C)cccc4Cl)s3)n2)C1. The number of nitrogens with one attached hydrogen (secondary N) is 3. The van der Waals surface area contributed by atoms with Gasteiger partial charge in [-0.05, 0) is 31.1 Å². The van der Waals surface area contributed by atoms with E-state index in [0.717, 1.165) is 30.8 Å². The molecule has 2 amide bonds. The Labute approximate surface area is 241 Å². The van der Waals surface area contributed by atoms with Crippen LogP contribution in [0.15, 0.2) is 43.1 Å². The van der Waals surface area contributed by atoms with Crippen molar-refractivity contribution in [3.8, 4) is 0 Å². The van der Waals surface area contributed by atoms with Crippen LogP contribution in [-0.4, -0.2) is 82.0 Å². The van der Waals surface area contributed by atoms with E-state index in [1.807, 2.05) is 25.1 Å². The van der Waals surface area contributed by atoms with Crippen LogP contribution in [-0.2, 0) is 16.1 Å². The van der Waals surface area contributed by atoms with Gasteiger partial charge in [0, 0.05) is 44.8 Å². The van der Waals surface area contributed by atoms with Crippen LogP contribution in [0.25, 0.3) is 0 Å². The fourth-order valence-electron chi connectivity index (χ4n) is 4.60. The van der Waals surface area contributed by atoms with Crippen molar-refractivity contribution in [3.63, 3.8) is 0 Å². The first-order valence-corrected chi connectivity index (χ1v) is 14.2. The lowest BCUT2D eigenvalue weighted by molar-refractivity contribution is -0.125. The molecule has 2 saturated heterocycles. The van der Waals surface area contributed by atoms with Crippen LogP contribution < -0.4 is 16.0 Å². The van der Waals surface area contributed by atoms with Crippen molar-refractivity contribution in [2.75, 3.05) is 55.3 Å². The van der Waals surface area contributed by atoms with Gasteiger partial charge >= 0.3 is 0 Å². The number of aromatic nitrogens is 3. The maximum atomic E-state index is 12.9. The third-order valence-electron chi connectivity index (χ3n) is 6.70. The van der Waals surface area contributed by atoms with Crippen LogP contribution in [0.3, 0.4) is 0 Å². The van der Waals surface area contributed by atoms with E-state index in [1.54, 1.807) is 11.0 Å². The number of benzene rings is 1. The Morgan fingerprint density at radius 2 is 2.08 bits per heavy atom. The largest absolute Gasteiger partial charge is 0.379 e. The molecule has 1 aromatic carbocycles. The summed E-state index contributed by atoms with van der Waals surface area (Å²) in [6.45, 7) is 10.3. The van der Waals surface area contributed by atoms with Crippen LogP contribution in [0.2, 0.25) is 5.02 Å². The first-order valence-electron chi connectivity index (χ1n) is 13.0. The Balaban J connectivity index is 1.31. The highest BCUT2D eigenvalue weighted by Gasteiger charge is 2.26. The molecule has 0 spiro atoms. The number of thiazole rings is 1.